The molecule has 1 fully saturated rings. The van der Waals surface area contributed by atoms with Gasteiger partial charge in [-0.05, 0) is 74.8 Å². The zero-order chi connectivity index (χ0) is 21.0. The minimum absolute atomic E-state index is 0.363. The molecule has 0 spiro atoms. The summed E-state index contributed by atoms with van der Waals surface area (Å²) < 4.78 is 28.1. The van der Waals surface area contributed by atoms with Crippen molar-refractivity contribution in [1.82, 2.24) is 9.88 Å². The summed E-state index contributed by atoms with van der Waals surface area (Å²) in [5, 5.41) is 1.04. The summed E-state index contributed by atoms with van der Waals surface area (Å²) in [5.74, 6) is 1.07. The van der Waals surface area contributed by atoms with Gasteiger partial charge in [-0.25, -0.2) is 0 Å². The summed E-state index contributed by atoms with van der Waals surface area (Å²) in [4.78, 5) is 5.78. The first-order chi connectivity index (χ1) is 14.5. The fourth-order valence-corrected chi connectivity index (χ4v) is 4.96. The zero-order valence-corrected chi connectivity index (χ0v) is 18.3. The molecule has 1 aromatic heterocycles. The van der Waals surface area contributed by atoms with E-state index < -0.39 is 10.1 Å². The number of fused-ring (bicyclic) bond motifs is 1. The number of H-pyrrole nitrogens is 1. The summed E-state index contributed by atoms with van der Waals surface area (Å²) in [6.45, 7) is 3.50. The second-order valence-electron chi connectivity index (χ2n) is 8.26. The highest BCUT2D eigenvalue weighted by Crippen LogP contribution is 2.30. The molecular weight excluding hydrogens is 396 g/mol. The lowest BCUT2D eigenvalue weighted by molar-refractivity contribution is 0.209. The summed E-state index contributed by atoms with van der Waals surface area (Å²) in [7, 11) is -3.54. The number of unbranched alkanes of at least 4 members (excludes halogenated alkanes) is 1. The number of benzene rings is 2. The molecule has 5 nitrogen and oxygen atoms in total. The van der Waals surface area contributed by atoms with Crippen molar-refractivity contribution in [2.45, 2.75) is 38.0 Å². The number of aromatic nitrogens is 1. The van der Waals surface area contributed by atoms with Gasteiger partial charge in [0.25, 0.3) is 0 Å². The molecular formula is C24H30N2O3S. The molecule has 0 unspecified atom stereocenters. The molecule has 0 saturated carbocycles. The molecule has 4 rings (SSSR count). The highest BCUT2D eigenvalue weighted by atomic mass is 32.2. The number of aromatic amines is 1. The van der Waals surface area contributed by atoms with Crippen LogP contribution in [0, 0.1) is 0 Å². The molecule has 1 saturated heterocycles. The molecule has 0 bridgehead atoms. The van der Waals surface area contributed by atoms with Gasteiger partial charge >= 0.3 is 10.1 Å². The Hall–Kier alpha value is -2.31. The van der Waals surface area contributed by atoms with Crippen LogP contribution in [0.5, 0.6) is 5.75 Å². The molecule has 2 heterocycles. The van der Waals surface area contributed by atoms with E-state index in [-0.39, 0.29) is 0 Å². The van der Waals surface area contributed by atoms with Gasteiger partial charge in [0.05, 0.1) is 11.8 Å². The number of piperidine rings is 1. The van der Waals surface area contributed by atoms with Crippen LogP contribution in [0.3, 0.4) is 0 Å². The van der Waals surface area contributed by atoms with Crippen LogP contribution in [-0.2, 0) is 16.5 Å². The number of nitrogens with one attached hydrogen (secondary N) is 1. The van der Waals surface area contributed by atoms with Crippen molar-refractivity contribution >= 4 is 21.0 Å². The van der Waals surface area contributed by atoms with Crippen molar-refractivity contribution in [3.05, 3.63) is 65.9 Å². The van der Waals surface area contributed by atoms with Gasteiger partial charge in [0.15, 0.2) is 5.75 Å². The van der Waals surface area contributed by atoms with Gasteiger partial charge in [-0.15, -0.1) is 0 Å². The van der Waals surface area contributed by atoms with E-state index in [1.165, 1.54) is 43.5 Å². The van der Waals surface area contributed by atoms with Crippen molar-refractivity contribution in [2.75, 3.05) is 25.9 Å². The van der Waals surface area contributed by atoms with E-state index in [4.69, 9.17) is 4.18 Å². The summed E-state index contributed by atoms with van der Waals surface area (Å²) in [5.41, 5.74) is 3.45. The van der Waals surface area contributed by atoms with Gasteiger partial charge in [-0.1, -0.05) is 42.5 Å². The third-order valence-electron chi connectivity index (χ3n) is 6.03. The lowest BCUT2D eigenvalue weighted by Crippen LogP contribution is -2.33. The number of hydrogen-bond donors (Lipinski definition) is 1. The first-order valence-corrected chi connectivity index (χ1v) is 12.6. The topological polar surface area (TPSA) is 62.4 Å². The molecule has 0 aliphatic carbocycles. The van der Waals surface area contributed by atoms with Gasteiger partial charge in [0.1, 0.15) is 0 Å². The van der Waals surface area contributed by atoms with Crippen LogP contribution in [0.4, 0.5) is 0 Å². The Morgan fingerprint density at radius 3 is 2.53 bits per heavy atom. The number of rotatable bonds is 8. The van der Waals surface area contributed by atoms with Crippen LogP contribution in [0.1, 0.15) is 42.7 Å². The van der Waals surface area contributed by atoms with Crippen LogP contribution >= 0.6 is 0 Å². The van der Waals surface area contributed by atoms with Gasteiger partial charge in [0.2, 0.25) is 0 Å². The van der Waals surface area contributed by atoms with E-state index in [0.29, 0.717) is 11.7 Å². The van der Waals surface area contributed by atoms with Crippen LogP contribution < -0.4 is 4.18 Å². The Morgan fingerprint density at radius 2 is 1.80 bits per heavy atom. The van der Waals surface area contributed by atoms with Gasteiger partial charge in [-0.3, -0.25) is 0 Å². The standard InChI is InChI=1S/C24H30N2O3S/c1-30(27,28)29-23-12-7-11-22-21(18-25-24(22)23)10-5-6-15-26-16-13-20(14-17-26)19-8-3-2-4-9-19/h2-4,7-9,11-12,18,20,25H,5-6,10,13-17H2,1H3. The quantitative estimate of drug-likeness (QED) is 0.419. The largest absolute Gasteiger partial charge is 0.380 e. The summed E-state index contributed by atoms with van der Waals surface area (Å²) in [6.07, 6.45) is 8.79. The molecule has 160 valence electrons. The number of hydrogen-bond acceptors (Lipinski definition) is 4. The van der Waals surface area contributed by atoms with Crippen molar-refractivity contribution in [3.63, 3.8) is 0 Å². The molecule has 0 amide bonds. The number of nitrogens with zero attached hydrogens (tertiary/aromatic N) is 1. The lowest BCUT2D eigenvalue weighted by Gasteiger charge is -2.32. The first-order valence-electron chi connectivity index (χ1n) is 10.8. The molecule has 1 aliphatic heterocycles. The normalized spacial score (nSPS) is 16.2. The van der Waals surface area contributed by atoms with Crippen molar-refractivity contribution in [2.24, 2.45) is 0 Å². The Morgan fingerprint density at radius 1 is 1.03 bits per heavy atom. The van der Waals surface area contributed by atoms with Crippen LogP contribution in [-0.4, -0.2) is 44.2 Å². The molecule has 6 heteroatoms. The van der Waals surface area contributed by atoms with Crippen LogP contribution in [0.2, 0.25) is 0 Å². The second-order valence-corrected chi connectivity index (χ2v) is 9.84. The zero-order valence-electron chi connectivity index (χ0n) is 17.5. The second kappa shape index (κ2) is 9.23. The molecule has 1 N–H and O–H groups in total. The van der Waals surface area contributed by atoms with Gasteiger partial charge in [0, 0.05) is 11.6 Å². The number of likely N-dealkylation sites (tertiary alicyclic amines) is 1. The minimum atomic E-state index is -3.54. The minimum Gasteiger partial charge on any atom is -0.380 e. The van der Waals surface area contributed by atoms with E-state index in [0.717, 1.165) is 36.5 Å². The van der Waals surface area contributed by atoms with E-state index in [9.17, 15) is 8.42 Å². The first kappa shape index (κ1) is 20.9. The maximum Gasteiger partial charge on any atom is 0.306 e. The molecule has 30 heavy (non-hydrogen) atoms. The maximum atomic E-state index is 11.5. The third-order valence-corrected chi connectivity index (χ3v) is 6.52. The number of para-hydroxylation sites is 1. The highest BCUT2D eigenvalue weighted by Gasteiger charge is 2.20. The molecule has 3 aromatic rings. The maximum absolute atomic E-state index is 11.5. The Balaban J connectivity index is 1.25. The smallest absolute Gasteiger partial charge is 0.306 e. The molecule has 1 aliphatic rings. The van der Waals surface area contributed by atoms with Gasteiger partial charge < -0.3 is 14.1 Å². The summed E-state index contributed by atoms with van der Waals surface area (Å²) in [6, 6.07) is 16.4. The van der Waals surface area contributed by atoms with Crippen molar-refractivity contribution in [3.8, 4) is 5.75 Å². The van der Waals surface area contributed by atoms with E-state index in [2.05, 4.69) is 40.2 Å². The SMILES string of the molecule is CS(=O)(=O)Oc1cccc2c(CCCCN3CCC(c4ccccc4)CC3)c[nH]c12. The average molecular weight is 427 g/mol. The molecule has 0 radical (unpaired) electrons. The van der Waals surface area contributed by atoms with Gasteiger partial charge in [-0.2, -0.15) is 8.42 Å². The fourth-order valence-electron chi connectivity index (χ4n) is 4.49. The fraction of sp³-hybridized carbons (Fsp3) is 0.417. The van der Waals surface area contributed by atoms with Crippen LogP contribution in [0.25, 0.3) is 10.9 Å². The van der Waals surface area contributed by atoms with E-state index >= 15 is 0 Å². The third kappa shape index (κ3) is 5.24. The monoisotopic (exact) mass is 426 g/mol. The van der Waals surface area contributed by atoms with Crippen molar-refractivity contribution < 1.29 is 12.6 Å². The van der Waals surface area contributed by atoms with E-state index in [1.54, 1.807) is 6.07 Å². The predicted molar refractivity (Wildman–Crippen MR) is 122 cm³/mol. The van der Waals surface area contributed by atoms with Crippen LogP contribution in [0.15, 0.2) is 54.7 Å². The Labute approximate surface area is 179 Å². The number of aryl methyl sites for hydroxylation is 1. The summed E-state index contributed by atoms with van der Waals surface area (Å²) >= 11 is 0. The molecule has 0 atom stereocenters. The Bertz CT molecular complexity index is 1070. The highest BCUT2D eigenvalue weighted by molar-refractivity contribution is 7.86. The predicted octanol–water partition coefficient (Wildman–Crippen LogP) is 4.71. The lowest BCUT2D eigenvalue weighted by atomic mass is 9.89. The van der Waals surface area contributed by atoms with E-state index in [1.807, 2.05) is 18.3 Å². The molecule has 2 aromatic carbocycles. The van der Waals surface area contributed by atoms with Crippen molar-refractivity contribution in [1.29, 1.82) is 0 Å². The average Bonchev–Trinajstić information content (AvgIpc) is 3.15. The Kier molecular flexibility index (Phi) is 6.44.